The highest BCUT2D eigenvalue weighted by Crippen LogP contribution is 2.33. The average molecular weight is 318 g/mol. The van der Waals surface area contributed by atoms with Crippen molar-refractivity contribution in [2.24, 2.45) is 5.73 Å². The van der Waals surface area contributed by atoms with Gasteiger partial charge in [-0.15, -0.1) is 0 Å². The molecule has 0 aromatic heterocycles. The number of hydrogen-bond acceptors (Lipinski definition) is 3. The molecule has 1 atom stereocenters. The summed E-state index contributed by atoms with van der Waals surface area (Å²) in [6, 6.07) is 3.72. The van der Waals surface area contributed by atoms with E-state index in [9.17, 15) is 13.2 Å². The van der Waals surface area contributed by atoms with Gasteiger partial charge in [0.05, 0.1) is 11.7 Å². The zero-order valence-electron chi connectivity index (χ0n) is 11.4. The number of anilines is 1. The number of nitrogens with two attached hydrogens (primary N) is 1. The van der Waals surface area contributed by atoms with Crippen LogP contribution in [0.5, 0.6) is 0 Å². The van der Waals surface area contributed by atoms with Gasteiger partial charge in [0.25, 0.3) is 0 Å². The van der Waals surface area contributed by atoms with E-state index in [1.165, 1.54) is 12.1 Å². The lowest BCUT2D eigenvalue weighted by molar-refractivity contribution is -0.137. The highest BCUT2D eigenvalue weighted by molar-refractivity contribution is 7.80. The molecule has 0 radical (unpaired) electrons. The topological polar surface area (TPSA) is 47.3 Å². The number of nitrogens with one attached hydrogen (secondary N) is 1. The minimum Gasteiger partial charge on any atom is -0.389 e. The smallest absolute Gasteiger partial charge is 0.389 e. The predicted octanol–water partition coefficient (Wildman–Crippen LogP) is 3.32. The lowest BCUT2D eigenvalue weighted by Gasteiger charge is -2.23. The minimum absolute atomic E-state index is 0.0920. The fourth-order valence-corrected chi connectivity index (χ4v) is 2.47. The Bertz CT molecular complexity index is 513. The largest absolute Gasteiger partial charge is 0.417 e. The molecule has 116 valence electrons. The third-order valence-electron chi connectivity index (χ3n) is 3.40. The third kappa shape index (κ3) is 4.31. The summed E-state index contributed by atoms with van der Waals surface area (Å²) in [5, 5.41) is 3.08. The van der Waals surface area contributed by atoms with Crippen LogP contribution in [0.25, 0.3) is 0 Å². The normalized spacial score (nSPS) is 19.3. The summed E-state index contributed by atoms with van der Waals surface area (Å²) in [4.78, 5) is -0.264. The van der Waals surface area contributed by atoms with Crippen molar-refractivity contribution in [2.75, 3.05) is 18.5 Å². The van der Waals surface area contributed by atoms with Crippen molar-refractivity contribution >= 4 is 22.9 Å². The summed E-state index contributed by atoms with van der Waals surface area (Å²) in [7, 11) is 0. The Balaban J connectivity index is 2.10. The molecule has 0 spiro atoms. The average Bonchev–Trinajstić information content (AvgIpc) is 2.45. The van der Waals surface area contributed by atoms with Gasteiger partial charge in [-0.3, -0.25) is 0 Å². The van der Waals surface area contributed by atoms with Gasteiger partial charge in [0, 0.05) is 24.4 Å². The van der Waals surface area contributed by atoms with E-state index in [4.69, 9.17) is 22.7 Å². The molecular weight excluding hydrogens is 301 g/mol. The molecule has 3 nitrogen and oxygen atoms in total. The van der Waals surface area contributed by atoms with Crippen LogP contribution in [0.1, 0.15) is 30.4 Å². The number of thiocarbonyl (C=S) groups is 1. The van der Waals surface area contributed by atoms with Crippen LogP contribution in [0.2, 0.25) is 0 Å². The van der Waals surface area contributed by atoms with Crippen LogP contribution in [0.15, 0.2) is 18.2 Å². The van der Waals surface area contributed by atoms with E-state index in [0.29, 0.717) is 12.2 Å². The molecule has 0 bridgehead atoms. The summed E-state index contributed by atoms with van der Waals surface area (Å²) in [5.41, 5.74) is 4.98. The van der Waals surface area contributed by atoms with E-state index < -0.39 is 11.7 Å². The van der Waals surface area contributed by atoms with Gasteiger partial charge in [0.15, 0.2) is 0 Å². The van der Waals surface area contributed by atoms with Crippen LogP contribution in [0.3, 0.4) is 0 Å². The number of benzene rings is 1. The standard InChI is InChI=1S/C14H17F3N2OS/c15-14(16,17)12-5-4-9(7-11(12)13(18)21)19-8-10-3-1-2-6-20-10/h4-5,7,10,19H,1-3,6,8H2,(H2,18,21). The zero-order chi connectivity index (χ0) is 15.5. The molecule has 7 heteroatoms. The Morgan fingerprint density at radius 2 is 2.14 bits per heavy atom. The monoisotopic (exact) mass is 318 g/mol. The zero-order valence-corrected chi connectivity index (χ0v) is 12.2. The van der Waals surface area contributed by atoms with Gasteiger partial charge < -0.3 is 15.8 Å². The van der Waals surface area contributed by atoms with E-state index in [0.717, 1.165) is 31.9 Å². The van der Waals surface area contributed by atoms with Crippen molar-refractivity contribution in [1.29, 1.82) is 0 Å². The van der Waals surface area contributed by atoms with E-state index in [1.54, 1.807) is 0 Å². The Labute approximate surface area is 126 Å². The molecule has 2 rings (SSSR count). The van der Waals surface area contributed by atoms with Crippen LogP contribution >= 0.6 is 12.2 Å². The molecule has 0 amide bonds. The quantitative estimate of drug-likeness (QED) is 0.836. The Kier molecular flexibility index (Phi) is 5.05. The van der Waals surface area contributed by atoms with E-state index >= 15 is 0 Å². The number of ether oxygens (including phenoxy) is 1. The maximum absolute atomic E-state index is 12.9. The highest BCUT2D eigenvalue weighted by atomic mass is 32.1. The molecule has 21 heavy (non-hydrogen) atoms. The lowest BCUT2D eigenvalue weighted by Crippen LogP contribution is -2.27. The van der Waals surface area contributed by atoms with Gasteiger partial charge in [-0.1, -0.05) is 12.2 Å². The van der Waals surface area contributed by atoms with Crippen LogP contribution in [-0.4, -0.2) is 24.2 Å². The summed E-state index contributed by atoms with van der Waals surface area (Å²) >= 11 is 4.71. The van der Waals surface area contributed by atoms with Crippen molar-refractivity contribution in [3.05, 3.63) is 29.3 Å². The van der Waals surface area contributed by atoms with Gasteiger partial charge in [-0.25, -0.2) is 0 Å². The molecule has 1 aliphatic rings. The SMILES string of the molecule is NC(=S)c1cc(NCC2CCCCO2)ccc1C(F)(F)F. The number of rotatable bonds is 4. The molecule has 1 aliphatic heterocycles. The second kappa shape index (κ2) is 6.62. The molecule has 1 unspecified atom stereocenters. The van der Waals surface area contributed by atoms with E-state index in [1.807, 2.05) is 0 Å². The fraction of sp³-hybridized carbons (Fsp3) is 0.500. The molecule has 1 aromatic carbocycles. The first-order chi connectivity index (χ1) is 9.88. The van der Waals surface area contributed by atoms with Gasteiger partial charge in [0.2, 0.25) is 0 Å². The second-order valence-electron chi connectivity index (χ2n) is 4.99. The lowest BCUT2D eigenvalue weighted by atomic mass is 10.1. The van der Waals surface area contributed by atoms with Crippen molar-refractivity contribution in [3.63, 3.8) is 0 Å². The summed E-state index contributed by atoms with van der Waals surface area (Å²) in [6.45, 7) is 1.29. The van der Waals surface area contributed by atoms with Crippen LogP contribution in [0.4, 0.5) is 18.9 Å². The molecule has 1 heterocycles. The maximum Gasteiger partial charge on any atom is 0.417 e. The highest BCUT2D eigenvalue weighted by Gasteiger charge is 2.34. The Morgan fingerprint density at radius 1 is 1.38 bits per heavy atom. The van der Waals surface area contributed by atoms with E-state index in [2.05, 4.69) is 5.32 Å². The van der Waals surface area contributed by atoms with Crippen molar-refractivity contribution in [2.45, 2.75) is 31.5 Å². The Morgan fingerprint density at radius 3 is 2.71 bits per heavy atom. The first-order valence-corrected chi connectivity index (χ1v) is 7.15. The number of hydrogen-bond donors (Lipinski definition) is 2. The van der Waals surface area contributed by atoms with Crippen molar-refractivity contribution in [3.8, 4) is 0 Å². The summed E-state index contributed by atoms with van der Waals surface area (Å²) in [5.74, 6) is 0. The first-order valence-electron chi connectivity index (χ1n) is 6.74. The molecule has 3 N–H and O–H groups in total. The van der Waals surface area contributed by atoms with Gasteiger partial charge in [-0.2, -0.15) is 13.2 Å². The van der Waals surface area contributed by atoms with E-state index in [-0.39, 0.29) is 16.7 Å². The molecular formula is C14H17F3N2OS. The second-order valence-corrected chi connectivity index (χ2v) is 5.43. The predicted molar refractivity (Wildman–Crippen MR) is 79.4 cm³/mol. The maximum atomic E-state index is 12.9. The van der Waals surface area contributed by atoms with Gasteiger partial charge in [0.1, 0.15) is 4.99 Å². The van der Waals surface area contributed by atoms with Crippen molar-refractivity contribution < 1.29 is 17.9 Å². The Hall–Kier alpha value is -1.34. The molecule has 0 aliphatic carbocycles. The van der Waals surface area contributed by atoms with Crippen LogP contribution in [0, 0.1) is 0 Å². The van der Waals surface area contributed by atoms with Gasteiger partial charge >= 0.3 is 6.18 Å². The number of halogens is 3. The molecule has 0 saturated carbocycles. The minimum atomic E-state index is -4.47. The molecule has 1 aromatic rings. The molecule has 1 fully saturated rings. The van der Waals surface area contributed by atoms with Gasteiger partial charge in [-0.05, 0) is 37.5 Å². The molecule has 1 saturated heterocycles. The van der Waals surface area contributed by atoms with Crippen LogP contribution in [-0.2, 0) is 10.9 Å². The summed E-state index contributed by atoms with van der Waals surface area (Å²) in [6.07, 6.45) is -1.26. The first kappa shape index (κ1) is 16.0. The number of alkyl halides is 3. The summed E-state index contributed by atoms with van der Waals surface area (Å²) < 4.78 is 44.1. The third-order valence-corrected chi connectivity index (χ3v) is 3.62. The fourth-order valence-electron chi connectivity index (χ4n) is 2.31. The van der Waals surface area contributed by atoms with Crippen LogP contribution < -0.4 is 11.1 Å². The van der Waals surface area contributed by atoms with Crippen molar-refractivity contribution in [1.82, 2.24) is 0 Å².